The highest BCUT2D eigenvalue weighted by atomic mass is 32.1. The smallest absolute Gasteiger partial charge is 0.242 e. The van der Waals surface area contributed by atoms with E-state index in [1.54, 1.807) is 18.1 Å². The Morgan fingerprint density at radius 1 is 1.64 bits per heavy atom. The number of nitrogens with zero attached hydrogens (tertiary/aromatic N) is 5. The first-order valence-corrected chi connectivity index (χ1v) is 7.90. The molecule has 1 saturated heterocycles. The van der Waals surface area contributed by atoms with Crippen LogP contribution in [0.2, 0.25) is 0 Å². The summed E-state index contributed by atoms with van der Waals surface area (Å²) in [4.78, 5) is 24.4. The maximum absolute atomic E-state index is 12.3. The number of hydrogen-bond acceptors (Lipinski definition) is 7. The van der Waals surface area contributed by atoms with E-state index >= 15 is 0 Å². The molecule has 0 aliphatic carbocycles. The highest BCUT2D eigenvalue weighted by Gasteiger charge is 2.27. The van der Waals surface area contributed by atoms with Gasteiger partial charge in [0.15, 0.2) is 11.0 Å². The minimum atomic E-state index is -0.198. The summed E-state index contributed by atoms with van der Waals surface area (Å²) in [7, 11) is 1.75. The molecule has 1 fully saturated rings. The van der Waals surface area contributed by atoms with E-state index in [4.69, 9.17) is 4.74 Å². The standard InChI is InChI=1S/C13H18N6O2S/c1-9-15-12(17-16-9)10-7-19(4-5-21-10)8-11(20)18(2)13-14-3-6-22-13/h3,6,10H,4-5,7-8H2,1-2H3,(H,15,16,17)/t10-/m1/s1. The summed E-state index contributed by atoms with van der Waals surface area (Å²) in [6.07, 6.45) is 1.50. The number of aryl methyl sites for hydroxylation is 1. The summed E-state index contributed by atoms with van der Waals surface area (Å²) >= 11 is 1.45. The van der Waals surface area contributed by atoms with Gasteiger partial charge in [-0.1, -0.05) is 0 Å². The third kappa shape index (κ3) is 3.32. The lowest BCUT2D eigenvalue weighted by Gasteiger charge is -2.31. The highest BCUT2D eigenvalue weighted by molar-refractivity contribution is 7.13. The number of thiazole rings is 1. The molecule has 0 bridgehead atoms. The van der Waals surface area contributed by atoms with Crippen LogP contribution in [0.4, 0.5) is 5.13 Å². The summed E-state index contributed by atoms with van der Waals surface area (Å²) < 4.78 is 5.70. The summed E-state index contributed by atoms with van der Waals surface area (Å²) in [5.41, 5.74) is 0. The number of H-pyrrole nitrogens is 1. The third-order valence-electron chi connectivity index (χ3n) is 3.49. The third-order valence-corrected chi connectivity index (χ3v) is 4.34. The maximum Gasteiger partial charge on any atom is 0.242 e. The summed E-state index contributed by atoms with van der Waals surface area (Å²) in [6, 6.07) is 0. The van der Waals surface area contributed by atoms with Crippen molar-refractivity contribution >= 4 is 22.4 Å². The predicted octanol–water partition coefficient (Wildman–Crippen LogP) is 0.606. The highest BCUT2D eigenvalue weighted by Crippen LogP contribution is 2.20. The first kappa shape index (κ1) is 15.1. The molecule has 1 N–H and O–H groups in total. The van der Waals surface area contributed by atoms with Gasteiger partial charge in [0.1, 0.15) is 11.9 Å². The molecule has 3 heterocycles. The molecule has 118 valence electrons. The lowest BCUT2D eigenvalue weighted by molar-refractivity contribution is -0.121. The van der Waals surface area contributed by atoms with Crippen molar-refractivity contribution < 1.29 is 9.53 Å². The predicted molar refractivity (Wildman–Crippen MR) is 81.8 cm³/mol. The van der Waals surface area contributed by atoms with E-state index in [0.717, 1.165) is 12.4 Å². The van der Waals surface area contributed by atoms with Crippen molar-refractivity contribution in [1.29, 1.82) is 0 Å². The van der Waals surface area contributed by atoms with E-state index in [-0.39, 0.29) is 12.0 Å². The molecular formula is C13H18N6O2S. The van der Waals surface area contributed by atoms with Crippen LogP contribution in [-0.2, 0) is 9.53 Å². The van der Waals surface area contributed by atoms with Crippen LogP contribution in [0.5, 0.6) is 0 Å². The van der Waals surface area contributed by atoms with E-state index < -0.39 is 0 Å². The molecule has 2 aromatic rings. The Bertz CT molecular complexity index is 628. The molecule has 22 heavy (non-hydrogen) atoms. The Kier molecular flexibility index (Phi) is 4.46. The number of carbonyl (C=O) groups excluding carboxylic acids is 1. The second-order valence-electron chi connectivity index (χ2n) is 5.14. The zero-order valence-electron chi connectivity index (χ0n) is 12.5. The Hall–Kier alpha value is -1.84. The van der Waals surface area contributed by atoms with Crippen LogP contribution in [0.3, 0.4) is 0 Å². The number of carbonyl (C=O) groups is 1. The average molecular weight is 322 g/mol. The van der Waals surface area contributed by atoms with Crippen LogP contribution in [0.15, 0.2) is 11.6 Å². The molecule has 0 aromatic carbocycles. The van der Waals surface area contributed by atoms with Crippen LogP contribution >= 0.6 is 11.3 Å². The Morgan fingerprint density at radius 2 is 2.50 bits per heavy atom. The molecule has 0 saturated carbocycles. The molecule has 3 rings (SSSR count). The van der Waals surface area contributed by atoms with Crippen LogP contribution in [0.25, 0.3) is 0 Å². The minimum absolute atomic E-state index is 0.0155. The molecule has 0 radical (unpaired) electrons. The zero-order chi connectivity index (χ0) is 15.5. The fourth-order valence-electron chi connectivity index (χ4n) is 2.29. The Balaban J connectivity index is 1.59. The van der Waals surface area contributed by atoms with Crippen molar-refractivity contribution in [2.24, 2.45) is 0 Å². The van der Waals surface area contributed by atoms with Gasteiger partial charge in [-0.05, 0) is 6.92 Å². The summed E-state index contributed by atoms with van der Waals surface area (Å²) in [5.74, 6) is 1.42. The van der Waals surface area contributed by atoms with E-state index in [2.05, 4.69) is 25.1 Å². The first-order valence-electron chi connectivity index (χ1n) is 7.02. The largest absolute Gasteiger partial charge is 0.367 e. The SMILES string of the molecule is Cc1nc([C@H]2CN(CC(=O)N(C)c3nccs3)CCO2)n[nH]1. The summed E-state index contributed by atoms with van der Waals surface area (Å²) in [5, 5.41) is 9.52. The second-order valence-corrected chi connectivity index (χ2v) is 6.01. The number of nitrogens with one attached hydrogen (secondary N) is 1. The number of likely N-dealkylation sites (N-methyl/N-ethyl adjacent to an activating group) is 1. The molecule has 9 heteroatoms. The number of anilines is 1. The van der Waals surface area contributed by atoms with Crippen molar-refractivity contribution in [3.63, 3.8) is 0 Å². The summed E-state index contributed by atoms with van der Waals surface area (Å²) in [6.45, 7) is 4.07. The molecule has 8 nitrogen and oxygen atoms in total. The van der Waals surface area contributed by atoms with Gasteiger partial charge in [0, 0.05) is 31.7 Å². The molecule has 2 aromatic heterocycles. The zero-order valence-corrected chi connectivity index (χ0v) is 13.3. The Labute approximate surface area is 132 Å². The average Bonchev–Trinajstić information content (AvgIpc) is 3.18. The van der Waals surface area contributed by atoms with E-state index in [1.807, 2.05) is 12.3 Å². The molecule has 0 spiro atoms. The van der Waals surface area contributed by atoms with Crippen molar-refractivity contribution in [1.82, 2.24) is 25.1 Å². The molecule has 1 aliphatic heterocycles. The number of hydrogen-bond donors (Lipinski definition) is 1. The van der Waals surface area contributed by atoms with Gasteiger partial charge in [0.05, 0.1) is 13.2 Å². The van der Waals surface area contributed by atoms with Crippen LogP contribution in [0, 0.1) is 6.92 Å². The van der Waals surface area contributed by atoms with Crippen LogP contribution in [0.1, 0.15) is 17.8 Å². The van der Waals surface area contributed by atoms with Crippen LogP contribution in [-0.4, -0.2) is 64.3 Å². The molecule has 1 atom stereocenters. The normalized spacial score (nSPS) is 19.3. The minimum Gasteiger partial charge on any atom is -0.367 e. The fourth-order valence-corrected chi connectivity index (χ4v) is 2.92. The van der Waals surface area contributed by atoms with Gasteiger partial charge in [-0.3, -0.25) is 19.7 Å². The molecule has 1 aliphatic rings. The van der Waals surface area contributed by atoms with Crippen molar-refractivity contribution in [2.45, 2.75) is 13.0 Å². The molecule has 0 unspecified atom stereocenters. The quantitative estimate of drug-likeness (QED) is 0.887. The van der Waals surface area contributed by atoms with Gasteiger partial charge in [-0.15, -0.1) is 11.3 Å². The maximum atomic E-state index is 12.3. The second kappa shape index (κ2) is 6.51. The van der Waals surface area contributed by atoms with Gasteiger partial charge in [0.25, 0.3) is 0 Å². The van der Waals surface area contributed by atoms with Gasteiger partial charge in [-0.2, -0.15) is 5.10 Å². The number of morpholine rings is 1. The number of ether oxygens (including phenoxy) is 1. The van der Waals surface area contributed by atoms with Gasteiger partial charge >= 0.3 is 0 Å². The first-order chi connectivity index (χ1) is 10.6. The number of aromatic amines is 1. The van der Waals surface area contributed by atoms with Gasteiger partial charge < -0.3 is 4.74 Å². The van der Waals surface area contributed by atoms with Gasteiger partial charge in [0.2, 0.25) is 5.91 Å². The van der Waals surface area contributed by atoms with E-state index in [0.29, 0.717) is 30.7 Å². The number of aromatic nitrogens is 4. The topological polar surface area (TPSA) is 87.2 Å². The van der Waals surface area contributed by atoms with E-state index in [1.165, 1.54) is 11.3 Å². The molecular weight excluding hydrogens is 304 g/mol. The van der Waals surface area contributed by atoms with Crippen molar-refractivity contribution in [2.75, 3.05) is 38.2 Å². The lowest BCUT2D eigenvalue weighted by atomic mass is 10.2. The lowest BCUT2D eigenvalue weighted by Crippen LogP contribution is -2.45. The number of amides is 1. The van der Waals surface area contributed by atoms with Crippen molar-refractivity contribution in [3.05, 3.63) is 23.2 Å². The van der Waals surface area contributed by atoms with E-state index in [9.17, 15) is 4.79 Å². The number of rotatable bonds is 4. The van der Waals surface area contributed by atoms with Crippen LogP contribution < -0.4 is 4.90 Å². The van der Waals surface area contributed by atoms with Gasteiger partial charge in [-0.25, -0.2) is 9.97 Å². The molecule has 1 amide bonds. The Morgan fingerprint density at radius 3 is 3.18 bits per heavy atom. The monoisotopic (exact) mass is 322 g/mol. The fraction of sp³-hybridized carbons (Fsp3) is 0.538. The van der Waals surface area contributed by atoms with Crippen molar-refractivity contribution in [3.8, 4) is 0 Å².